The summed E-state index contributed by atoms with van der Waals surface area (Å²) < 4.78 is 10.4. The summed E-state index contributed by atoms with van der Waals surface area (Å²) in [4.78, 5) is 0. The predicted octanol–water partition coefficient (Wildman–Crippen LogP) is 2.58. The number of rotatable bonds is 13. The van der Waals surface area contributed by atoms with Crippen molar-refractivity contribution in [3.05, 3.63) is 42.7 Å². The molecule has 1 aromatic carbocycles. The lowest BCUT2D eigenvalue weighted by molar-refractivity contribution is -0.722. The van der Waals surface area contributed by atoms with Crippen molar-refractivity contribution in [2.45, 2.75) is 78.5 Å². The molecule has 0 bridgehead atoms. The molecular formula is C22H35ClN2O. The molecule has 0 aliphatic carbocycles. The Morgan fingerprint density at radius 1 is 0.885 bits per heavy atom. The molecule has 4 heteroatoms. The SMILES string of the molecule is CCCCCCCCCCOC[n+]1ccn(CC)c1-c1ccccc1.[Cl-]. The lowest BCUT2D eigenvalue weighted by Crippen LogP contribution is -3.00. The number of unbranched alkanes of at least 4 members (excludes halogenated alkanes) is 7. The van der Waals surface area contributed by atoms with E-state index in [4.69, 9.17) is 4.74 Å². The molecule has 0 spiro atoms. The molecule has 0 saturated heterocycles. The van der Waals surface area contributed by atoms with E-state index in [9.17, 15) is 0 Å². The molecule has 3 nitrogen and oxygen atoms in total. The highest BCUT2D eigenvalue weighted by Gasteiger charge is 2.17. The molecule has 146 valence electrons. The molecule has 2 aromatic rings. The highest BCUT2D eigenvalue weighted by Crippen LogP contribution is 2.15. The minimum absolute atomic E-state index is 0. The zero-order chi connectivity index (χ0) is 17.7. The Kier molecular flexibility index (Phi) is 12.1. The number of hydrogen-bond donors (Lipinski definition) is 0. The Bertz CT molecular complexity index is 583. The van der Waals surface area contributed by atoms with Gasteiger partial charge < -0.3 is 17.1 Å². The maximum Gasteiger partial charge on any atom is 0.290 e. The van der Waals surface area contributed by atoms with Gasteiger partial charge in [-0.1, -0.05) is 70.1 Å². The summed E-state index contributed by atoms with van der Waals surface area (Å²) in [6.07, 6.45) is 15.0. The minimum atomic E-state index is 0. The van der Waals surface area contributed by atoms with Crippen molar-refractivity contribution >= 4 is 0 Å². The van der Waals surface area contributed by atoms with Crippen molar-refractivity contribution in [2.75, 3.05) is 6.61 Å². The summed E-state index contributed by atoms with van der Waals surface area (Å²) in [6, 6.07) is 10.6. The third-order valence-corrected chi connectivity index (χ3v) is 4.72. The number of benzene rings is 1. The second-order valence-corrected chi connectivity index (χ2v) is 6.76. The lowest BCUT2D eigenvalue weighted by Gasteiger charge is -2.06. The highest BCUT2D eigenvalue weighted by molar-refractivity contribution is 5.52. The van der Waals surface area contributed by atoms with Gasteiger partial charge in [-0.05, 0) is 25.5 Å². The topological polar surface area (TPSA) is 18.0 Å². The van der Waals surface area contributed by atoms with Crippen molar-refractivity contribution in [1.29, 1.82) is 0 Å². The Labute approximate surface area is 165 Å². The van der Waals surface area contributed by atoms with Crippen LogP contribution in [0.3, 0.4) is 0 Å². The number of nitrogens with zero attached hydrogens (tertiary/aromatic N) is 2. The van der Waals surface area contributed by atoms with Gasteiger partial charge in [-0.15, -0.1) is 0 Å². The summed E-state index contributed by atoms with van der Waals surface area (Å²) >= 11 is 0. The minimum Gasteiger partial charge on any atom is -1.00 e. The van der Waals surface area contributed by atoms with Gasteiger partial charge in [0.05, 0.1) is 18.7 Å². The average molecular weight is 379 g/mol. The fourth-order valence-corrected chi connectivity index (χ4v) is 3.25. The monoisotopic (exact) mass is 378 g/mol. The first-order valence-corrected chi connectivity index (χ1v) is 10.1. The number of ether oxygens (including phenoxy) is 1. The summed E-state index contributed by atoms with van der Waals surface area (Å²) in [5.74, 6) is 1.22. The van der Waals surface area contributed by atoms with E-state index in [1.54, 1.807) is 0 Å². The Hall–Kier alpha value is -1.32. The first kappa shape index (κ1) is 22.7. The molecule has 1 heterocycles. The summed E-state index contributed by atoms with van der Waals surface area (Å²) in [5, 5.41) is 0. The fourth-order valence-electron chi connectivity index (χ4n) is 3.25. The maximum absolute atomic E-state index is 5.93. The van der Waals surface area contributed by atoms with E-state index in [0.29, 0.717) is 6.73 Å². The van der Waals surface area contributed by atoms with E-state index in [0.717, 1.165) is 13.2 Å². The average Bonchev–Trinajstić information content (AvgIpc) is 3.07. The fraction of sp³-hybridized carbons (Fsp3) is 0.591. The molecule has 0 atom stereocenters. The molecule has 0 radical (unpaired) electrons. The maximum atomic E-state index is 5.93. The molecular weight excluding hydrogens is 344 g/mol. The van der Waals surface area contributed by atoms with Gasteiger partial charge in [0.1, 0.15) is 12.4 Å². The molecule has 0 N–H and O–H groups in total. The van der Waals surface area contributed by atoms with Crippen LogP contribution in [0.25, 0.3) is 11.4 Å². The van der Waals surface area contributed by atoms with Gasteiger partial charge in [-0.3, -0.25) is 0 Å². The van der Waals surface area contributed by atoms with Crippen LogP contribution in [-0.2, 0) is 18.0 Å². The third kappa shape index (κ3) is 7.51. The van der Waals surface area contributed by atoms with Gasteiger partial charge in [0.15, 0.2) is 6.73 Å². The number of halogens is 1. The summed E-state index contributed by atoms with van der Waals surface area (Å²) in [5.41, 5.74) is 1.24. The molecule has 0 saturated carbocycles. The molecule has 0 aliphatic heterocycles. The zero-order valence-corrected chi connectivity index (χ0v) is 17.3. The summed E-state index contributed by atoms with van der Waals surface area (Å²) in [6.45, 7) is 6.90. The zero-order valence-electron chi connectivity index (χ0n) is 16.5. The van der Waals surface area contributed by atoms with E-state index < -0.39 is 0 Å². The van der Waals surface area contributed by atoms with E-state index >= 15 is 0 Å². The van der Waals surface area contributed by atoms with Crippen molar-refractivity contribution in [2.24, 2.45) is 0 Å². The van der Waals surface area contributed by atoms with Gasteiger partial charge >= 0.3 is 0 Å². The molecule has 26 heavy (non-hydrogen) atoms. The standard InChI is InChI=1S/C22H35N2O.ClH/c1-3-5-6-7-8-9-10-14-19-25-20-24-18-17-23(4-2)22(24)21-15-12-11-13-16-21;/h11-13,15-18H,3-10,14,19-20H2,1-2H3;1H/q+1;/p-1. The molecule has 0 aliphatic rings. The van der Waals surface area contributed by atoms with E-state index in [2.05, 4.69) is 65.7 Å². The van der Waals surface area contributed by atoms with Crippen molar-refractivity contribution < 1.29 is 21.7 Å². The van der Waals surface area contributed by atoms with Crippen molar-refractivity contribution in [3.63, 3.8) is 0 Å². The second kappa shape index (κ2) is 13.8. The second-order valence-electron chi connectivity index (χ2n) is 6.76. The number of hydrogen-bond acceptors (Lipinski definition) is 1. The van der Waals surface area contributed by atoms with Crippen molar-refractivity contribution in [1.82, 2.24) is 4.57 Å². The van der Waals surface area contributed by atoms with Crippen LogP contribution in [0.5, 0.6) is 0 Å². The molecule has 1 aromatic heterocycles. The first-order chi connectivity index (χ1) is 12.4. The van der Waals surface area contributed by atoms with Crippen LogP contribution in [0.1, 0.15) is 65.2 Å². The predicted molar refractivity (Wildman–Crippen MR) is 104 cm³/mol. The van der Waals surface area contributed by atoms with Crippen LogP contribution >= 0.6 is 0 Å². The van der Waals surface area contributed by atoms with Crippen LogP contribution in [0.2, 0.25) is 0 Å². The normalized spacial score (nSPS) is 10.7. The smallest absolute Gasteiger partial charge is 0.290 e. The Balaban J connectivity index is 0.00000338. The van der Waals surface area contributed by atoms with Crippen molar-refractivity contribution in [3.8, 4) is 11.4 Å². The highest BCUT2D eigenvalue weighted by atomic mass is 35.5. The van der Waals surface area contributed by atoms with Gasteiger partial charge in [-0.2, -0.15) is 0 Å². The largest absolute Gasteiger partial charge is 1.00 e. The number of aromatic nitrogens is 2. The number of aryl methyl sites for hydroxylation is 1. The molecule has 0 fully saturated rings. The number of imidazole rings is 1. The quantitative estimate of drug-likeness (QED) is 0.387. The van der Waals surface area contributed by atoms with Crippen LogP contribution in [-0.4, -0.2) is 11.2 Å². The molecule has 0 amide bonds. The van der Waals surface area contributed by atoms with E-state index in [1.165, 1.54) is 62.8 Å². The van der Waals surface area contributed by atoms with E-state index in [1.807, 2.05) is 0 Å². The Morgan fingerprint density at radius 2 is 1.54 bits per heavy atom. The van der Waals surface area contributed by atoms with Crippen LogP contribution in [0.15, 0.2) is 42.7 Å². The van der Waals surface area contributed by atoms with Gasteiger partial charge in [0.2, 0.25) is 0 Å². The molecule has 0 unspecified atom stereocenters. The third-order valence-electron chi connectivity index (χ3n) is 4.72. The van der Waals surface area contributed by atoms with Crippen LogP contribution in [0, 0.1) is 0 Å². The van der Waals surface area contributed by atoms with Crippen LogP contribution < -0.4 is 17.0 Å². The molecule has 2 rings (SSSR count). The summed E-state index contributed by atoms with van der Waals surface area (Å²) in [7, 11) is 0. The van der Waals surface area contributed by atoms with E-state index in [-0.39, 0.29) is 12.4 Å². The van der Waals surface area contributed by atoms with Crippen LogP contribution in [0.4, 0.5) is 0 Å². The first-order valence-electron chi connectivity index (χ1n) is 10.1. The van der Waals surface area contributed by atoms with Gasteiger partial charge in [-0.25, -0.2) is 9.13 Å². The van der Waals surface area contributed by atoms with Gasteiger partial charge in [0.25, 0.3) is 5.82 Å². The lowest BCUT2D eigenvalue weighted by atomic mass is 10.1. The Morgan fingerprint density at radius 3 is 2.19 bits per heavy atom. The van der Waals surface area contributed by atoms with Gasteiger partial charge in [0, 0.05) is 0 Å².